The van der Waals surface area contributed by atoms with Crippen LogP contribution in [0.5, 0.6) is 5.75 Å². The lowest BCUT2D eigenvalue weighted by molar-refractivity contribution is 0.415. The number of H-pyrrole nitrogens is 1. The molecule has 0 saturated carbocycles. The molecule has 0 fully saturated rings. The van der Waals surface area contributed by atoms with Crippen molar-refractivity contribution in [3.63, 3.8) is 0 Å². The molecule has 154 valence electrons. The van der Waals surface area contributed by atoms with Crippen LogP contribution in [-0.2, 0) is 7.05 Å². The van der Waals surface area contributed by atoms with Gasteiger partial charge in [0, 0.05) is 12.6 Å². The van der Waals surface area contributed by atoms with Gasteiger partial charge in [0.2, 0.25) is 0 Å². The Labute approximate surface area is 180 Å². The van der Waals surface area contributed by atoms with E-state index in [2.05, 4.69) is 25.3 Å². The van der Waals surface area contributed by atoms with Crippen LogP contribution in [0.15, 0.2) is 75.9 Å². The second-order valence-electron chi connectivity index (χ2n) is 6.70. The fraction of sp³-hybridized carbons (Fsp3) is 0.0952. The number of nitrogens with zero attached hydrogens (tertiary/aromatic N) is 6. The summed E-state index contributed by atoms with van der Waals surface area (Å²) in [5.41, 5.74) is 1.95. The van der Waals surface area contributed by atoms with Gasteiger partial charge in [0.25, 0.3) is 5.56 Å². The average molecular weight is 431 g/mol. The molecule has 0 atom stereocenters. The maximum absolute atomic E-state index is 12.6. The molecule has 0 bridgehead atoms. The summed E-state index contributed by atoms with van der Waals surface area (Å²) in [6.45, 7) is 0. The summed E-state index contributed by atoms with van der Waals surface area (Å²) < 4.78 is 8.70. The SMILES string of the molecule is COc1ccc(-c2nnc(Sc3nc4c(cnn4-c4ccccc4)c(=O)[nH]3)n2C)cc1. The van der Waals surface area contributed by atoms with E-state index in [0.29, 0.717) is 27.2 Å². The first-order chi connectivity index (χ1) is 15.1. The second kappa shape index (κ2) is 7.73. The van der Waals surface area contributed by atoms with Gasteiger partial charge in [0.1, 0.15) is 11.1 Å². The summed E-state index contributed by atoms with van der Waals surface area (Å²) in [6, 6.07) is 17.1. The first-order valence-electron chi connectivity index (χ1n) is 9.39. The molecule has 3 aromatic heterocycles. The Hall–Kier alpha value is -3.92. The summed E-state index contributed by atoms with van der Waals surface area (Å²) in [4.78, 5) is 20.0. The van der Waals surface area contributed by atoms with Gasteiger partial charge in [-0.2, -0.15) is 5.10 Å². The fourth-order valence-electron chi connectivity index (χ4n) is 3.19. The van der Waals surface area contributed by atoms with Gasteiger partial charge in [-0.25, -0.2) is 9.67 Å². The molecular formula is C21H17N7O2S. The number of fused-ring (bicyclic) bond motifs is 1. The predicted octanol–water partition coefficient (Wildman–Crippen LogP) is 3.06. The second-order valence-corrected chi connectivity index (χ2v) is 7.65. The zero-order valence-corrected chi connectivity index (χ0v) is 17.5. The molecule has 0 amide bonds. The highest BCUT2D eigenvalue weighted by Crippen LogP contribution is 2.28. The lowest BCUT2D eigenvalue weighted by Crippen LogP contribution is -2.10. The van der Waals surface area contributed by atoms with Crippen molar-refractivity contribution in [2.75, 3.05) is 7.11 Å². The highest BCUT2D eigenvalue weighted by Gasteiger charge is 2.16. The minimum Gasteiger partial charge on any atom is -0.497 e. The molecule has 3 heterocycles. The highest BCUT2D eigenvalue weighted by molar-refractivity contribution is 7.99. The Morgan fingerprint density at radius 3 is 2.55 bits per heavy atom. The Bertz CT molecular complexity index is 1420. The van der Waals surface area contributed by atoms with E-state index in [1.807, 2.05) is 66.2 Å². The standard InChI is InChI=1S/C21H17N7O2S/c1-27-17(13-8-10-15(30-2)11-9-13)25-26-21(27)31-20-23-18-16(19(29)24-20)12-22-28(18)14-6-4-3-5-7-14/h3-12H,1-2H3,(H,23,24,29). The topological polar surface area (TPSA) is 104 Å². The lowest BCUT2D eigenvalue weighted by Gasteiger charge is -2.06. The van der Waals surface area contributed by atoms with E-state index in [0.717, 1.165) is 17.0 Å². The third kappa shape index (κ3) is 3.46. The van der Waals surface area contributed by atoms with E-state index in [1.54, 1.807) is 11.8 Å². The molecule has 31 heavy (non-hydrogen) atoms. The summed E-state index contributed by atoms with van der Waals surface area (Å²) >= 11 is 1.23. The monoisotopic (exact) mass is 431 g/mol. The Kier molecular flexibility index (Phi) is 4.75. The number of hydrogen-bond donors (Lipinski definition) is 1. The minimum atomic E-state index is -0.257. The predicted molar refractivity (Wildman–Crippen MR) is 117 cm³/mol. The highest BCUT2D eigenvalue weighted by atomic mass is 32.2. The van der Waals surface area contributed by atoms with Crippen molar-refractivity contribution in [2.24, 2.45) is 7.05 Å². The van der Waals surface area contributed by atoms with E-state index in [1.165, 1.54) is 18.0 Å². The average Bonchev–Trinajstić information content (AvgIpc) is 3.39. The molecule has 1 N–H and O–H groups in total. The van der Waals surface area contributed by atoms with Gasteiger partial charge in [-0.1, -0.05) is 18.2 Å². The summed E-state index contributed by atoms with van der Waals surface area (Å²) in [6.07, 6.45) is 1.52. The van der Waals surface area contributed by atoms with Crippen molar-refractivity contribution in [3.05, 3.63) is 71.1 Å². The zero-order chi connectivity index (χ0) is 21.4. The third-order valence-electron chi connectivity index (χ3n) is 4.79. The van der Waals surface area contributed by atoms with Crippen LogP contribution in [0.4, 0.5) is 0 Å². The lowest BCUT2D eigenvalue weighted by atomic mass is 10.2. The van der Waals surface area contributed by atoms with E-state index in [4.69, 9.17) is 4.74 Å². The maximum Gasteiger partial charge on any atom is 0.262 e. The number of nitrogens with one attached hydrogen (secondary N) is 1. The van der Waals surface area contributed by atoms with E-state index in [-0.39, 0.29) is 5.56 Å². The number of methoxy groups -OCH3 is 1. The van der Waals surface area contributed by atoms with Crippen molar-refractivity contribution in [2.45, 2.75) is 10.3 Å². The molecule has 9 nitrogen and oxygen atoms in total. The zero-order valence-electron chi connectivity index (χ0n) is 16.7. The van der Waals surface area contributed by atoms with E-state index >= 15 is 0 Å². The van der Waals surface area contributed by atoms with Crippen LogP contribution in [0.2, 0.25) is 0 Å². The Morgan fingerprint density at radius 1 is 1.03 bits per heavy atom. The molecule has 10 heteroatoms. The van der Waals surface area contributed by atoms with Crippen molar-refractivity contribution >= 4 is 22.8 Å². The Morgan fingerprint density at radius 2 is 1.81 bits per heavy atom. The van der Waals surface area contributed by atoms with Gasteiger partial charge in [-0.3, -0.25) is 4.79 Å². The molecule has 2 aromatic carbocycles. The normalized spacial score (nSPS) is 11.2. The van der Waals surface area contributed by atoms with Crippen molar-refractivity contribution < 1.29 is 4.74 Å². The van der Waals surface area contributed by atoms with Gasteiger partial charge >= 0.3 is 0 Å². The van der Waals surface area contributed by atoms with Crippen molar-refractivity contribution in [1.82, 2.24) is 34.5 Å². The number of benzene rings is 2. The van der Waals surface area contributed by atoms with Crippen molar-refractivity contribution in [3.8, 4) is 22.8 Å². The molecule has 0 unspecified atom stereocenters. The quantitative estimate of drug-likeness (QED) is 0.427. The number of rotatable bonds is 5. The number of para-hydroxylation sites is 1. The van der Waals surface area contributed by atoms with Crippen LogP contribution >= 0.6 is 11.8 Å². The van der Waals surface area contributed by atoms with Crippen LogP contribution in [0, 0.1) is 0 Å². The van der Waals surface area contributed by atoms with E-state index < -0.39 is 0 Å². The van der Waals surface area contributed by atoms with Gasteiger partial charge in [0.05, 0.1) is 19.0 Å². The fourth-order valence-corrected chi connectivity index (χ4v) is 3.94. The van der Waals surface area contributed by atoms with Gasteiger partial charge in [0.15, 0.2) is 21.8 Å². The van der Waals surface area contributed by atoms with Crippen LogP contribution in [0.1, 0.15) is 0 Å². The number of hydrogen-bond acceptors (Lipinski definition) is 7. The number of aromatic amines is 1. The third-order valence-corrected chi connectivity index (χ3v) is 5.71. The van der Waals surface area contributed by atoms with Crippen LogP contribution < -0.4 is 10.3 Å². The smallest absolute Gasteiger partial charge is 0.262 e. The molecule has 0 radical (unpaired) electrons. The molecule has 0 aliphatic carbocycles. The molecule has 0 aliphatic heterocycles. The minimum absolute atomic E-state index is 0.257. The molecule has 0 aliphatic rings. The maximum atomic E-state index is 12.6. The largest absolute Gasteiger partial charge is 0.497 e. The van der Waals surface area contributed by atoms with Crippen molar-refractivity contribution in [1.29, 1.82) is 0 Å². The van der Waals surface area contributed by atoms with Gasteiger partial charge in [-0.05, 0) is 48.2 Å². The number of aromatic nitrogens is 7. The first-order valence-corrected chi connectivity index (χ1v) is 10.2. The first kappa shape index (κ1) is 19.1. The van der Waals surface area contributed by atoms with Crippen LogP contribution in [0.3, 0.4) is 0 Å². The molecule has 5 aromatic rings. The van der Waals surface area contributed by atoms with Gasteiger partial charge < -0.3 is 14.3 Å². The number of ether oxygens (including phenoxy) is 1. The summed E-state index contributed by atoms with van der Waals surface area (Å²) in [5.74, 6) is 1.47. The molecule has 5 rings (SSSR count). The van der Waals surface area contributed by atoms with Gasteiger partial charge in [-0.15, -0.1) is 10.2 Å². The Balaban J connectivity index is 1.51. The van der Waals surface area contributed by atoms with Crippen LogP contribution in [0.25, 0.3) is 28.1 Å². The molecule has 0 saturated heterocycles. The van der Waals surface area contributed by atoms with Crippen LogP contribution in [-0.4, -0.2) is 41.6 Å². The summed E-state index contributed by atoms with van der Waals surface area (Å²) in [7, 11) is 3.49. The van der Waals surface area contributed by atoms with E-state index in [9.17, 15) is 4.79 Å². The molecular weight excluding hydrogens is 414 g/mol. The molecule has 0 spiro atoms. The summed E-state index contributed by atoms with van der Waals surface area (Å²) in [5, 5.41) is 14.3.